The van der Waals surface area contributed by atoms with Gasteiger partial charge in [0.15, 0.2) is 0 Å². The highest BCUT2D eigenvalue weighted by Crippen LogP contribution is 2.42. The number of ether oxygens (including phenoxy) is 1. The van der Waals surface area contributed by atoms with Gasteiger partial charge in [0, 0.05) is 11.3 Å². The van der Waals surface area contributed by atoms with Crippen molar-refractivity contribution >= 4 is 34.7 Å². The van der Waals surface area contributed by atoms with Crippen LogP contribution in [0.25, 0.3) is 5.76 Å². The largest absolute Gasteiger partial charge is 0.507 e. The van der Waals surface area contributed by atoms with Gasteiger partial charge in [0.1, 0.15) is 17.3 Å². The number of rotatable bonds is 5. The molecule has 0 radical (unpaired) electrons. The molecule has 4 rings (SSSR count). The summed E-state index contributed by atoms with van der Waals surface area (Å²) in [4.78, 5) is 27.3. The van der Waals surface area contributed by atoms with E-state index in [-0.39, 0.29) is 22.6 Å². The summed E-state index contributed by atoms with van der Waals surface area (Å²) in [5.41, 5.74) is 0.980. The number of anilines is 1. The standard InChI is InChI=1S/C25H19ClFNO4/c1-2-32-20-13-16(11-12-19(20)26)23(29)21-22(15-7-4-3-5-8-15)28(25(31)24(21)30)18-10-6-9-17(27)14-18/h3-14,22,29H,2H2,1H3/b23-21+. The smallest absolute Gasteiger partial charge is 0.300 e. The predicted molar refractivity (Wildman–Crippen MR) is 120 cm³/mol. The molecule has 1 unspecified atom stereocenters. The maximum Gasteiger partial charge on any atom is 0.300 e. The van der Waals surface area contributed by atoms with E-state index in [9.17, 15) is 19.1 Å². The lowest BCUT2D eigenvalue weighted by atomic mass is 9.95. The van der Waals surface area contributed by atoms with Crippen molar-refractivity contribution in [3.8, 4) is 5.75 Å². The molecule has 1 saturated heterocycles. The van der Waals surface area contributed by atoms with Crippen molar-refractivity contribution in [1.82, 2.24) is 0 Å². The first-order chi connectivity index (χ1) is 15.4. The number of ketones is 1. The molecule has 0 saturated carbocycles. The van der Waals surface area contributed by atoms with Crippen LogP contribution < -0.4 is 9.64 Å². The first-order valence-corrected chi connectivity index (χ1v) is 10.3. The Kier molecular flexibility index (Phi) is 5.97. The van der Waals surface area contributed by atoms with E-state index < -0.39 is 23.5 Å². The topological polar surface area (TPSA) is 66.8 Å². The minimum Gasteiger partial charge on any atom is -0.507 e. The number of carbonyl (C=O) groups is 2. The summed E-state index contributed by atoms with van der Waals surface area (Å²) < 4.78 is 19.4. The van der Waals surface area contributed by atoms with Crippen LogP contribution in [0.2, 0.25) is 5.02 Å². The van der Waals surface area contributed by atoms with Gasteiger partial charge >= 0.3 is 0 Å². The minimum atomic E-state index is -0.941. The van der Waals surface area contributed by atoms with Gasteiger partial charge in [-0.2, -0.15) is 0 Å². The molecular formula is C25H19ClFNO4. The van der Waals surface area contributed by atoms with Crippen LogP contribution in [-0.4, -0.2) is 23.4 Å². The molecule has 7 heteroatoms. The molecule has 0 spiro atoms. The molecule has 1 aliphatic heterocycles. The van der Waals surface area contributed by atoms with E-state index in [1.165, 1.54) is 35.2 Å². The maximum atomic E-state index is 13.9. The molecule has 1 atom stereocenters. The second kappa shape index (κ2) is 8.85. The van der Waals surface area contributed by atoms with Crippen LogP contribution in [0, 0.1) is 5.82 Å². The first-order valence-electron chi connectivity index (χ1n) is 9.96. The third kappa shape index (κ3) is 3.85. The number of amides is 1. The second-order valence-corrected chi connectivity index (χ2v) is 7.55. The first kappa shape index (κ1) is 21.6. The van der Waals surface area contributed by atoms with Crippen LogP contribution in [-0.2, 0) is 9.59 Å². The molecule has 1 amide bonds. The zero-order valence-corrected chi connectivity index (χ0v) is 17.8. The second-order valence-electron chi connectivity index (χ2n) is 7.14. The summed E-state index contributed by atoms with van der Waals surface area (Å²) in [6.45, 7) is 2.15. The number of carbonyl (C=O) groups excluding carboxylic acids is 2. The Bertz CT molecular complexity index is 1230. The van der Waals surface area contributed by atoms with E-state index in [0.29, 0.717) is 22.9 Å². The van der Waals surface area contributed by atoms with Gasteiger partial charge in [-0.15, -0.1) is 0 Å². The SMILES string of the molecule is CCOc1cc(/C(O)=C2\C(=O)C(=O)N(c3cccc(F)c3)C2c2ccccc2)ccc1Cl. The van der Waals surface area contributed by atoms with Gasteiger partial charge in [0.2, 0.25) is 0 Å². The number of aliphatic hydroxyl groups is 1. The lowest BCUT2D eigenvalue weighted by Crippen LogP contribution is -2.29. The number of nitrogens with zero attached hydrogens (tertiary/aromatic N) is 1. The van der Waals surface area contributed by atoms with Crippen molar-refractivity contribution < 1.29 is 23.8 Å². The fourth-order valence-corrected chi connectivity index (χ4v) is 3.92. The highest BCUT2D eigenvalue weighted by atomic mass is 35.5. The Balaban J connectivity index is 1.93. The number of aliphatic hydroxyl groups excluding tert-OH is 1. The normalized spacial score (nSPS) is 17.6. The fourth-order valence-electron chi connectivity index (χ4n) is 3.75. The highest BCUT2D eigenvalue weighted by Gasteiger charge is 2.47. The number of hydrogen-bond acceptors (Lipinski definition) is 4. The van der Waals surface area contributed by atoms with E-state index in [4.69, 9.17) is 16.3 Å². The molecule has 3 aromatic rings. The van der Waals surface area contributed by atoms with E-state index in [0.717, 1.165) is 0 Å². The Morgan fingerprint density at radius 3 is 2.50 bits per heavy atom. The van der Waals surface area contributed by atoms with Crippen LogP contribution in [0.15, 0.2) is 78.4 Å². The monoisotopic (exact) mass is 451 g/mol. The number of benzene rings is 3. The average molecular weight is 452 g/mol. The maximum absolute atomic E-state index is 13.9. The lowest BCUT2D eigenvalue weighted by molar-refractivity contribution is -0.132. The predicted octanol–water partition coefficient (Wildman–Crippen LogP) is 5.50. The lowest BCUT2D eigenvalue weighted by Gasteiger charge is -2.25. The van der Waals surface area contributed by atoms with Gasteiger partial charge in [-0.3, -0.25) is 14.5 Å². The van der Waals surface area contributed by atoms with Gasteiger partial charge in [-0.25, -0.2) is 4.39 Å². The van der Waals surface area contributed by atoms with Gasteiger partial charge in [0.25, 0.3) is 11.7 Å². The molecule has 1 aliphatic rings. The Morgan fingerprint density at radius 2 is 1.81 bits per heavy atom. The summed E-state index contributed by atoms with van der Waals surface area (Å²) in [6.07, 6.45) is 0. The van der Waals surface area contributed by atoms with Crippen LogP contribution in [0.4, 0.5) is 10.1 Å². The van der Waals surface area contributed by atoms with Gasteiger partial charge in [-0.05, 0) is 48.9 Å². The fraction of sp³-hybridized carbons (Fsp3) is 0.120. The third-order valence-corrected chi connectivity index (χ3v) is 5.46. The zero-order valence-electron chi connectivity index (χ0n) is 17.1. The summed E-state index contributed by atoms with van der Waals surface area (Å²) in [6, 6.07) is 17.9. The van der Waals surface area contributed by atoms with E-state index in [1.807, 2.05) is 0 Å². The minimum absolute atomic E-state index is 0.102. The number of hydrogen-bond donors (Lipinski definition) is 1. The van der Waals surface area contributed by atoms with Gasteiger partial charge in [-0.1, -0.05) is 48.0 Å². The Labute approximate surface area is 189 Å². The summed E-state index contributed by atoms with van der Waals surface area (Å²) in [5.74, 6) is -2.30. The molecule has 1 fully saturated rings. The Hall–Kier alpha value is -3.64. The van der Waals surface area contributed by atoms with Crippen molar-refractivity contribution in [3.05, 3.63) is 100 Å². The molecule has 1 N–H and O–H groups in total. The van der Waals surface area contributed by atoms with Gasteiger partial charge in [0.05, 0.1) is 23.2 Å². The number of Topliss-reactive ketones (excluding diaryl/α,β-unsaturated/α-hetero) is 1. The quantitative estimate of drug-likeness (QED) is 0.316. The van der Waals surface area contributed by atoms with E-state index in [2.05, 4.69) is 0 Å². The van der Waals surface area contributed by atoms with Crippen molar-refractivity contribution in [2.45, 2.75) is 13.0 Å². The molecule has 0 aliphatic carbocycles. The van der Waals surface area contributed by atoms with Crippen molar-refractivity contribution in [2.75, 3.05) is 11.5 Å². The summed E-state index contributed by atoms with van der Waals surface area (Å²) >= 11 is 6.15. The molecule has 3 aromatic carbocycles. The van der Waals surface area contributed by atoms with Crippen LogP contribution >= 0.6 is 11.6 Å². The molecule has 162 valence electrons. The van der Waals surface area contributed by atoms with E-state index >= 15 is 0 Å². The molecule has 0 aromatic heterocycles. The highest BCUT2D eigenvalue weighted by molar-refractivity contribution is 6.51. The van der Waals surface area contributed by atoms with Gasteiger partial charge < -0.3 is 9.84 Å². The Morgan fingerprint density at radius 1 is 1.06 bits per heavy atom. The molecule has 1 heterocycles. The number of halogens is 2. The molecular weight excluding hydrogens is 433 g/mol. The van der Waals surface area contributed by atoms with Crippen LogP contribution in [0.3, 0.4) is 0 Å². The van der Waals surface area contributed by atoms with Crippen molar-refractivity contribution in [3.63, 3.8) is 0 Å². The van der Waals surface area contributed by atoms with E-state index in [1.54, 1.807) is 49.4 Å². The molecule has 32 heavy (non-hydrogen) atoms. The third-order valence-electron chi connectivity index (χ3n) is 5.15. The molecule has 0 bridgehead atoms. The van der Waals surface area contributed by atoms with Crippen LogP contribution in [0.5, 0.6) is 5.75 Å². The van der Waals surface area contributed by atoms with Crippen molar-refractivity contribution in [2.24, 2.45) is 0 Å². The average Bonchev–Trinajstić information content (AvgIpc) is 3.06. The summed E-state index contributed by atoms with van der Waals surface area (Å²) in [5, 5.41) is 11.5. The molecule has 5 nitrogen and oxygen atoms in total. The van der Waals surface area contributed by atoms with Crippen molar-refractivity contribution in [1.29, 1.82) is 0 Å². The zero-order chi connectivity index (χ0) is 22.8. The summed E-state index contributed by atoms with van der Waals surface area (Å²) in [7, 11) is 0. The van der Waals surface area contributed by atoms with Crippen LogP contribution in [0.1, 0.15) is 24.1 Å².